The summed E-state index contributed by atoms with van der Waals surface area (Å²) in [6, 6.07) is 20.3. The van der Waals surface area contributed by atoms with Crippen molar-refractivity contribution in [2.24, 2.45) is 0 Å². The zero-order valence-electron chi connectivity index (χ0n) is 20.5. The molecule has 2 aromatic carbocycles. The van der Waals surface area contributed by atoms with Crippen molar-refractivity contribution in [3.05, 3.63) is 101 Å². The molecule has 0 aliphatic carbocycles. The Morgan fingerprint density at radius 3 is 2.61 bits per heavy atom. The van der Waals surface area contributed by atoms with E-state index in [1.165, 1.54) is 26.2 Å². The third-order valence-electron chi connectivity index (χ3n) is 6.14. The van der Waals surface area contributed by atoms with E-state index in [9.17, 15) is 14.9 Å². The lowest BCUT2D eigenvalue weighted by Gasteiger charge is -2.26. The van der Waals surface area contributed by atoms with Gasteiger partial charge in [0.2, 0.25) is 5.91 Å². The number of pyridine rings is 1. The average molecular weight is 530 g/mol. The molecule has 1 fully saturated rings. The predicted molar refractivity (Wildman–Crippen MR) is 146 cm³/mol. The molecule has 3 heterocycles. The molecule has 0 spiro atoms. The highest BCUT2D eigenvalue weighted by Gasteiger charge is 2.42. The fourth-order valence-corrected chi connectivity index (χ4v) is 4.83. The van der Waals surface area contributed by atoms with E-state index >= 15 is 0 Å². The number of nitrogens with zero attached hydrogens (tertiary/aromatic N) is 3. The molecular formula is C27H23N5O5S. The number of amides is 1. The monoisotopic (exact) mass is 529 g/mol. The normalized spacial score (nSPS) is 16.7. The Bertz CT molecular complexity index is 1510. The molecular weight excluding hydrogens is 506 g/mol. The molecule has 192 valence electrons. The molecule has 11 heteroatoms. The van der Waals surface area contributed by atoms with Gasteiger partial charge in [0.25, 0.3) is 5.69 Å². The van der Waals surface area contributed by atoms with Gasteiger partial charge in [0.15, 0.2) is 5.11 Å². The number of hydrogen-bond donors (Lipinski definition) is 2. The molecule has 2 aromatic heterocycles. The van der Waals surface area contributed by atoms with Crippen LogP contribution in [0.5, 0.6) is 5.75 Å². The van der Waals surface area contributed by atoms with E-state index in [2.05, 4.69) is 15.6 Å². The number of nitrogens with one attached hydrogen (secondary N) is 2. The molecule has 1 aliphatic rings. The second kappa shape index (κ2) is 10.3. The maximum Gasteiger partial charge on any atom is 0.273 e. The highest BCUT2D eigenvalue weighted by atomic mass is 32.1. The van der Waals surface area contributed by atoms with Crippen LogP contribution in [0.4, 0.5) is 17.1 Å². The number of nitro benzene ring substituents is 1. The maximum absolute atomic E-state index is 11.4. The fourth-order valence-electron chi connectivity index (χ4n) is 4.48. The fraction of sp³-hybridized carbons (Fsp3) is 0.148. The van der Waals surface area contributed by atoms with Crippen molar-refractivity contribution >= 4 is 40.3 Å². The lowest BCUT2D eigenvalue weighted by atomic mass is 10.0. The van der Waals surface area contributed by atoms with Gasteiger partial charge in [0.1, 0.15) is 23.3 Å². The van der Waals surface area contributed by atoms with Crippen molar-refractivity contribution in [3.8, 4) is 17.1 Å². The van der Waals surface area contributed by atoms with Crippen LogP contribution in [0.1, 0.15) is 30.5 Å². The first-order chi connectivity index (χ1) is 18.4. The highest BCUT2D eigenvalue weighted by Crippen LogP contribution is 2.44. The van der Waals surface area contributed by atoms with E-state index in [4.69, 9.17) is 21.4 Å². The first-order valence-electron chi connectivity index (χ1n) is 11.7. The van der Waals surface area contributed by atoms with Crippen molar-refractivity contribution in [2.75, 3.05) is 17.3 Å². The summed E-state index contributed by atoms with van der Waals surface area (Å²) in [6.45, 7) is 1.45. The summed E-state index contributed by atoms with van der Waals surface area (Å²) in [5, 5.41) is 17.8. The number of carbonyl (C=O) groups excluding carboxylic acids is 1. The topological polar surface area (TPSA) is 123 Å². The first kappa shape index (κ1) is 24.9. The van der Waals surface area contributed by atoms with E-state index in [-0.39, 0.29) is 17.6 Å². The van der Waals surface area contributed by atoms with Gasteiger partial charge in [0, 0.05) is 30.6 Å². The summed E-state index contributed by atoms with van der Waals surface area (Å²) in [4.78, 5) is 28.7. The molecule has 4 aromatic rings. The molecule has 5 rings (SSSR count). The van der Waals surface area contributed by atoms with Crippen LogP contribution in [0.3, 0.4) is 0 Å². The minimum Gasteiger partial charge on any atom is -0.496 e. The lowest BCUT2D eigenvalue weighted by Crippen LogP contribution is -2.29. The summed E-state index contributed by atoms with van der Waals surface area (Å²) in [6.07, 6.45) is 1.72. The van der Waals surface area contributed by atoms with E-state index in [1.807, 2.05) is 41.3 Å². The van der Waals surface area contributed by atoms with Gasteiger partial charge in [-0.2, -0.15) is 0 Å². The molecule has 1 aliphatic heterocycles. The summed E-state index contributed by atoms with van der Waals surface area (Å²) in [7, 11) is 1.45. The van der Waals surface area contributed by atoms with Crippen LogP contribution in [0.25, 0.3) is 11.3 Å². The summed E-state index contributed by atoms with van der Waals surface area (Å²) < 4.78 is 11.8. The van der Waals surface area contributed by atoms with E-state index in [0.717, 1.165) is 11.4 Å². The Kier molecular flexibility index (Phi) is 6.75. The van der Waals surface area contributed by atoms with Gasteiger partial charge in [0.05, 0.1) is 35.4 Å². The Labute approximate surface area is 223 Å². The number of nitro groups is 1. The number of rotatable bonds is 7. The number of thiocarbonyl (C=S) groups is 1. The third-order valence-corrected chi connectivity index (χ3v) is 6.46. The number of furan rings is 1. The summed E-state index contributed by atoms with van der Waals surface area (Å²) in [5.74, 6) is 1.26. The standard InChI is InChI=1S/C27H23N5O5S/c1-16(33)29-17-6-8-18(9-7-17)31-26(25(30-27(31)38)21-5-3-4-14-28-21)23-13-12-22(37-23)20-11-10-19(32(34)35)15-24(20)36-2/h3-15,25-26H,1-2H3,(H,29,33)(H,30,38)/t25-,26+/m0/s1. The van der Waals surface area contributed by atoms with Gasteiger partial charge in [-0.15, -0.1) is 0 Å². The van der Waals surface area contributed by atoms with Crippen LogP contribution < -0.4 is 20.3 Å². The second-order valence-electron chi connectivity index (χ2n) is 8.57. The molecule has 0 radical (unpaired) electrons. The van der Waals surface area contributed by atoms with Crippen LogP contribution >= 0.6 is 12.2 Å². The Hall–Kier alpha value is -4.77. The zero-order chi connectivity index (χ0) is 26.8. The van der Waals surface area contributed by atoms with Crippen molar-refractivity contribution in [1.29, 1.82) is 0 Å². The van der Waals surface area contributed by atoms with Gasteiger partial charge in [-0.3, -0.25) is 19.9 Å². The molecule has 10 nitrogen and oxygen atoms in total. The van der Waals surface area contributed by atoms with Gasteiger partial charge >= 0.3 is 0 Å². The van der Waals surface area contributed by atoms with E-state index in [0.29, 0.717) is 33.6 Å². The Balaban J connectivity index is 1.56. The number of non-ortho nitro benzene ring substituents is 1. The number of benzene rings is 2. The number of anilines is 2. The second-order valence-corrected chi connectivity index (χ2v) is 8.96. The van der Waals surface area contributed by atoms with Gasteiger partial charge in [-0.25, -0.2) is 0 Å². The van der Waals surface area contributed by atoms with E-state index in [1.54, 1.807) is 30.5 Å². The number of hydrogen-bond acceptors (Lipinski definition) is 7. The number of ether oxygens (including phenoxy) is 1. The number of methoxy groups -OCH3 is 1. The van der Waals surface area contributed by atoms with Crippen molar-refractivity contribution in [2.45, 2.75) is 19.0 Å². The van der Waals surface area contributed by atoms with Crippen LogP contribution in [0, 0.1) is 10.1 Å². The minimum atomic E-state index is -0.475. The average Bonchev–Trinajstić information content (AvgIpc) is 3.53. The molecule has 1 amide bonds. The summed E-state index contributed by atoms with van der Waals surface area (Å²) >= 11 is 5.75. The van der Waals surface area contributed by atoms with Crippen LogP contribution in [0.2, 0.25) is 0 Å². The van der Waals surface area contributed by atoms with Gasteiger partial charge in [-0.1, -0.05) is 6.07 Å². The molecule has 0 bridgehead atoms. The van der Waals surface area contributed by atoms with Crippen molar-refractivity contribution in [3.63, 3.8) is 0 Å². The number of aromatic nitrogens is 1. The smallest absolute Gasteiger partial charge is 0.273 e. The lowest BCUT2D eigenvalue weighted by molar-refractivity contribution is -0.384. The SMILES string of the molecule is COc1cc([N+](=O)[O-])ccc1-c1ccc([C@@H]2[C@H](c3ccccn3)NC(=S)N2c2ccc(NC(C)=O)cc2)o1. The van der Waals surface area contributed by atoms with E-state index < -0.39 is 11.0 Å². The Morgan fingerprint density at radius 1 is 1.16 bits per heavy atom. The Morgan fingerprint density at radius 2 is 1.95 bits per heavy atom. The van der Waals surface area contributed by atoms with Crippen LogP contribution in [-0.4, -0.2) is 28.0 Å². The molecule has 2 N–H and O–H groups in total. The minimum absolute atomic E-state index is 0.0770. The van der Waals surface area contributed by atoms with Gasteiger partial charge in [-0.05, 0) is 66.8 Å². The molecule has 0 saturated carbocycles. The molecule has 0 unspecified atom stereocenters. The van der Waals surface area contributed by atoms with Gasteiger partial charge < -0.3 is 24.7 Å². The zero-order valence-corrected chi connectivity index (χ0v) is 21.3. The third kappa shape index (κ3) is 4.78. The van der Waals surface area contributed by atoms with Crippen molar-refractivity contribution in [1.82, 2.24) is 10.3 Å². The van der Waals surface area contributed by atoms with Crippen LogP contribution in [-0.2, 0) is 4.79 Å². The molecule has 1 saturated heterocycles. The first-order valence-corrected chi connectivity index (χ1v) is 12.1. The highest BCUT2D eigenvalue weighted by molar-refractivity contribution is 7.80. The molecule has 38 heavy (non-hydrogen) atoms. The van der Waals surface area contributed by atoms with Crippen molar-refractivity contribution < 1.29 is 18.9 Å². The van der Waals surface area contributed by atoms with Crippen LogP contribution in [0.15, 0.2) is 83.4 Å². The number of carbonyl (C=O) groups is 1. The maximum atomic E-state index is 11.4. The predicted octanol–water partition coefficient (Wildman–Crippen LogP) is 5.39. The quantitative estimate of drug-likeness (QED) is 0.184. The summed E-state index contributed by atoms with van der Waals surface area (Å²) in [5.41, 5.74) is 2.75. The largest absolute Gasteiger partial charge is 0.496 e. The molecule has 2 atom stereocenters.